The summed E-state index contributed by atoms with van der Waals surface area (Å²) >= 11 is 0. The Labute approximate surface area is 101 Å². The lowest BCUT2D eigenvalue weighted by Crippen LogP contribution is -1.96. The third-order valence-electron chi connectivity index (χ3n) is 2.39. The summed E-state index contributed by atoms with van der Waals surface area (Å²) in [7, 11) is 1.88. The number of rotatable bonds is 3. The molecule has 0 aliphatic heterocycles. The zero-order valence-corrected chi connectivity index (χ0v) is 10.2. The number of hydrogen-bond donors (Lipinski definition) is 1. The number of benzene rings is 1. The minimum absolute atomic E-state index is 0.558. The van der Waals surface area contributed by atoms with Crippen molar-refractivity contribution in [1.82, 2.24) is 9.97 Å². The van der Waals surface area contributed by atoms with Crippen molar-refractivity contribution in [2.45, 2.75) is 13.8 Å². The predicted molar refractivity (Wildman–Crippen MR) is 67.6 cm³/mol. The van der Waals surface area contributed by atoms with Crippen molar-refractivity contribution in [2.24, 2.45) is 0 Å². The summed E-state index contributed by atoms with van der Waals surface area (Å²) in [4.78, 5) is 8.52. The average Bonchev–Trinajstić information content (AvgIpc) is 2.35. The van der Waals surface area contributed by atoms with Crippen LogP contribution in [0, 0.1) is 13.8 Å². The van der Waals surface area contributed by atoms with Crippen LogP contribution in [0.3, 0.4) is 0 Å². The van der Waals surface area contributed by atoms with E-state index in [1.54, 1.807) is 6.20 Å². The first-order valence-corrected chi connectivity index (χ1v) is 5.45. The highest BCUT2D eigenvalue weighted by Gasteiger charge is 2.04. The highest BCUT2D eigenvalue weighted by atomic mass is 16.5. The number of nitrogens with zero attached hydrogens (tertiary/aromatic N) is 2. The first-order valence-electron chi connectivity index (χ1n) is 5.45. The van der Waals surface area contributed by atoms with Gasteiger partial charge in [-0.3, -0.25) is 4.98 Å². The fourth-order valence-electron chi connectivity index (χ4n) is 1.41. The van der Waals surface area contributed by atoms with E-state index in [2.05, 4.69) is 15.3 Å². The second-order valence-electron chi connectivity index (χ2n) is 3.78. The van der Waals surface area contributed by atoms with Crippen molar-refractivity contribution in [3.63, 3.8) is 0 Å². The fraction of sp³-hybridized carbons (Fsp3) is 0.231. The van der Waals surface area contributed by atoms with Crippen LogP contribution in [0.4, 0.5) is 5.69 Å². The molecule has 88 valence electrons. The Kier molecular flexibility index (Phi) is 3.23. The Morgan fingerprint density at radius 3 is 2.47 bits per heavy atom. The fourth-order valence-corrected chi connectivity index (χ4v) is 1.41. The molecule has 17 heavy (non-hydrogen) atoms. The molecule has 0 aliphatic carbocycles. The Hall–Kier alpha value is -2.10. The molecule has 0 bridgehead atoms. The van der Waals surface area contributed by atoms with E-state index in [0.717, 1.165) is 22.8 Å². The molecule has 1 aromatic heterocycles. The first-order chi connectivity index (χ1) is 8.19. The smallest absolute Gasteiger partial charge is 0.241 e. The molecule has 0 spiro atoms. The Morgan fingerprint density at radius 1 is 1.12 bits per heavy atom. The molecule has 0 fully saturated rings. The van der Waals surface area contributed by atoms with Gasteiger partial charge in [0.05, 0.1) is 11.4 Å². The number of hydrogen-bond acceptors (Lipinski definition) is 4. The highest BCUT2D eigenvalue weighted by Crippen LogP contribution is 2.23. The number of aromatic nitrogens is 2. The third-order valence-corrected chi connectivity index (χ3v) is 2.39. The Morgan fingerprint density at radius 2 is 1.82 bits per heavy atom. The van der Waals surface area contributed by atoms with Crippen LogP contribution in [-0.4, -0.2) is 17.0 Å². The predicted octanol–water partition coefficient (Wildman–Crippen LogP) is 2.93. The Bertz CT molecular complexity index is 509. The molecule has 0 aliphatic rings. The van der Waals surface area contributed by atoms with Gasteiger partial charge >= 0.3 is 0 Å². The van der Waals surface area contributed by atoms with Gasteiger partial charge in [-0.15, -0.1) is 0 Å². The molecule has 4 heteroatoms. The molecule has 0 radical (unpaired) electrons. The van der Waals surface area contributed by atoms with Crippen LogP contribution < -0.4 is 10.1 Å². The molecule has 0 saturated carbocycles. The van der Waals surface area contributed by atoms with E-state index in [4.69, 9.17) is 4.74 Å². The van der Waals surface area contributed by atoms with Crippen LogP contribution in [0.15, 0.2) is 30.5 Å². The van der Waals surface area contributed by atoms with E-state index < -0.39 is 0 Å². The molecular formula is C13H15N3O. The molecule has 0 amide bonds. The summed E-state index contributed by atoms with van der Waals surface area (Å²) in [5.41, 5.74) is 2.68. The molecule has 4 nitrogen and oxygen atoms in total. The lowest BCUT2D eigenvalue weighted by Gasteiger charge is -2.08. The van der Waals surface area contributed by atoms with Gasteiger partial charge in [-0.05, 0) is 38.1 Å². The monoisotopic (exact) mass is 229 g/mol. The van der Waals surface area contributed by atoms with Gasteiger partial charge in [-0.25, -0.2) is 4.98 Å². The van der Waals surface area contributed by atoms with Gasteiger partial charge in [0.2, 0.25) is 5.88 Å². The lowest BCUT2D eigenvalue weighted by molar-refractivity contribution is 0.454. The van der Waals surface area contributed by atoms with Crippen LogP contribution in [0.1, 0.15) is 11.4 Å². The summed E-state index contributed by atoms with van der Waals surface area (Å²) in [5, 5.41) is 3.06. The molecule has 1 N–H and O–H groups in total. The van der Waals surface area contributed by atoms with E-state index in [9.17, 15) is 0 Å². The van der Waals surface area contributed by atoms with E-state index in [-0.39, 0.29) is 0 Å². The minimum atomic E-state index is 0.558. The molecule has 1 aromatic carbocycles. The summed E-state index contributed by atoms with van der Waals surface area (Å²) in [5.74, 6) is 1.31. The van der Waals surface area contributed by atoms with Gasteiger partial charge in [0, 0.05) is 18.9 Å². The van der Waals surface area contributed by atoms with Crippen LogP contribution in [0.25, 0.3) is 0 Å². The summed E-state index contributed by atoms with van der Waals surface area (Å²) in [6, 6.07) is 7.70. The average molecular weight is 229 g/mol. The molecular weight excluding hydrogens is 214 g/mol. The van der Waals surface area contributed by atoms with Gasteiger partial charge in [-0.1, -0.05) is 0 Å². The van der Waals surface area contributed by atoms with Crippen molar-refractivity contribution in [1.29, 1.82) is 0 Å². The van der Waals surface area contributed by atoms with Crippen LogP contribution >= 0.6 is 0 Å². The molecule has 1 heterocycles. The number of nitrogens with one attached hydrogen (secondary N) is 1. The normalized spacial score (nSPS) is 10.1. The van der Waals surface area contributed by atoms with Crippen molar-refractivity contribution in [3.8, 4) is 11.6 Å². The van der Waals surface area contributed by atoms with Crippen molar-refractivity contribution < 1.29 is 4.74 Å². The van der Waals surface area contributed by atoms with E-state index in [0.29, 0.717) is 5.88 Å². The highest BCUT2D eigenvalue weighted by molar-refractivity contribution is 5.46. The maximum absolute atomic E-state index is 5.69. The molecule has 0 unspecified atom stereocenters. The lowest BCUT2D eigenvalue weighted by atomic mass is 10.3. The van der Waals surface area contributed by atoms with Crippen LogP contribution in [0.2, 0.25) is 0 Å². The molecule has 2 aromatic rings. The number of anilines is 1. The van der Waals surface area contributed by atoms with Crippen molar-refractivity contribution in [2.75, 3.05) is 12.4 Å². The van der Waals surface area contributed by atoms with E-state index >= 15 is 0 Å². The standard InChI is InChI=1S/C13H15N3O/c1-9-8-15-10(2)13(16-9)17-12-6-4-11(14-3)5-7-12/h4-8,14H,1-3H3. The van der Waals surface area contributed by atoms with Crippen molar-refractivity contribution in [3.05, 3.63) is 41.9 Å². The van der Waals surface area contributed by atoms with Crippen LogP contribution in [-0.2, 0) is 0 Å². The Balaban J connectivity index is 2.22. The topological polar surface area (TPSA) is 47.0 Å². The quantitative estimate of drug-likeness (QED) is 0.879. The minimum Gasteiger partial charge on any atom is -0.437 e. The zero-order valence-electron chi connectivity index (χ0n) is 10.2. The van der Waals surface area contributed by atoms with E-state index in [1.165, 1.54) is 0 Å². The molecule has 2 rings (SSSR count). The van der Waals surface area contributed by atoms with Gasteiger partial charge in [0.15, 0.2) is 0 Å². The number of aryl methyl sites for hydroxylation is 2. The first kappa shape index (κ1) is 11.4. The summed E-state index contributed by atoms with van der Waals surface area (Å²) < 4.78 is 5.69. The van der Waals surface area contributed by atoms with Gasteiger partial charge in [0.1, 0.15) is 5.75 Å². The second kappa shape index (κ2) is 4.82. The third kappa shape index (κ3) is 2.72. The second-order valence-corrected chi connectivity index (χ2v) is 3.78. The van der Waals surface area contributed by atoms with Crippen LogP contribution in [0.5, 0.6) is 11.6 Å². The van der Waals surface area contributed by atoms with Gasteiger partial charge in [-0.2, -0.15) is 0 Å². The zero-order chi connectivity index (χ0) is 12.3. The van der Waals surface area contributed by atoms with Gasteiger partial charge < -0.3 is 10.1 Å². The van der Waals surface area contributed by atoms with Gasteiger partial charge in [0.25, 0.3) is 0 Å². The largest absolute Gasteiger partial charge is 0.437 e. The molecule has 0 saturated heterocycles. The van der Waals surface area contributed by atoms with Crippen molar-refractivity contribution >= 4 is 5.69 Å². The summed E-state index contributed by atoms with van der Waals surface area (Å²) in [6.07, 6.45) is 1.73. The SMILES string of the molecule is CNc1ccc(Oc2nc(C)cnc2C)cc1. The maximum atomic E-state index is 5.69. The number of ether oxygens (including phenoxy) is 1. The van der Waals surface area contributed by atoms with E-state index in [1.807, 2.05) is 45.2 Å². The molecule has 0 atom stereocenters. The summed E-state index contributed by atoms with van der Waals surface area (Å²) in [6.45, 7) is 3.77. The maximum Gasteiger partial charge on any atom is 0.241 e.